The SMILES string of the molecule is CC(C)(/C=C/C(C)(C)OS(=O)(=O)O)OS(=O)[O-]. The molecule has 7 nitrogen and oxygen atoms in total. The van der Waals surface area contributed by atoms with Crippen molar-refractivity contribution in [3.63, 3.8) is 0 Å². The van der Waals surface area contributed by atoms with Crippen molar-refractivity contribution < 1.29 is 30.1 Å². The minimum atomic E-state index is -4.59. The number of hydrogen-bond acceptors (Lipinski definition) is 6. The van der Waals surface area contributed by atoms with Crippen molar-refractivity contribution in [2.45, 2.75) is 38.9 Å². The van der Waals surface area contributed by atoms with Gasteiger partial charge in [-0.15, -0.1) is 0 Å². The van der Waals surface area contributed by atoms with Crippen molar-refractivity contribution >= 4 is 21.8 Å². The molecule has 0 radical (unpaired) electrons. The topological polar surface area (TPSA) is 113 Å². The van der Waals surface area contributed by atoms with Crippen LogP contribution in [0.5, 0.6) is 0 Å². The van der Waals surface area contributed by atoms with Gasteiger partial charge in [0, 0.05) is 0 Å². The van der Waals surface area contributed by atoms with Crippen LogP contribution in [-0.4, -0.2) is 32.9 Å². The zero-order valence-corrected chi connectivity index (χ0v) is 11.5. The van der Waals surface area contributed by atoms with Gasteiger partial charge in [0.25, 0.3) is 0 Å². The van der Waals surface area contributed by atoms with E-state index in [1.54, 1.807) is 0 Å². The predicted molar refractivity (Wildman–Crippen MR) is 59.9 cm³/mol. The van der Waals surface area contributed by atoms with Crippen LogP contribution in [0.25, 0.3) is 0 Å². The zero-order valence-electron chi connectivity index (χ0n) is 9.87. The molecule has 0 saturated carbocycles. The van der Waals surface area contributed by atoms with E-state index in [0.29, 0.717) is 0 Å². The first kappa shape index (κ1) is 16.7. The first-order valence-electron chi connectivity index (χ1n) is 4.50. The van der Waals surface area contributed by atoms with Gasteiger partial charge in [-0.25, -0.2) is 8.39 Å². The van der Waals surface area contributed by atoms with Gasteiger partial charge in [0.15, 0.2) is 0 Å². The highest BCUT2D eigenvalue weighted by Crippen LogP contribution is 2.19. The Morgan fingerprint density at radius 1 is 1.18 bits per heavy atom. The van der Waals surface area contributed by atoms with Crippen molar-refractivity contribution in [1.29, 1.82) is 0 Å². The fraction of sp³-hybridized carbons (Fsp3) is 0.750. The number of hydrogen-bond donors (Lipinski definition) is 1. The summed E-state index contributed by atoms with van der Waals surface area (Å²) >= 11 is -2.69. The quantitative estimate of drug-likeness (QED) is 0.435. The van der Waals surface area contributed by atoms with Gasteiger partial charge in [-0.2, -0.15) is 8.42 Å². The van der Waals surface area contributed by atoms with Crippen molar-refractivity contribution in [2.75, 3.05) is 0 Å². The minimum Gasteiger partial charge on any atom is -0.750 e. The molecule has 0 aromatic carbocycles. The van der Waals surface area contributed by atoms with Crippen LogP contribution in [-0.2, 0) is 30.1 Å². The lowest BCUT2D eigenvalue weighted by Crippen LogP contribution is -2.28. The Labute approximate surface area is 103 Å². The second-order valence-corrected chi connectivity index (χ2v) is 5.94. The molecule has 0 amide bonds. The van der Waals surface area contributed by atoms with E-state index in [2.05, 4.69) is 8.37 Å². The van der Waals surface area contributed by atoms with Gasteiger partial charge in [0.1, 0.15) is 5.60 Å². The molecular formula is C8H15O7S2-. The summed E-state index contributed by atoms with van der Waals surface area (Å²) in [6.07, 6.45) is 2.58. The van der Waals surface area contributed by atoms with E-state index in [1.165, 1.54) is 39.8 Å². The molecule has 0 aromatic heterocycles. The monoisotopic (exact) mass is 287 g/mol. The Morgan fingerprint density at radius 2 is 1.59 bits per heavy atom. The van der Waals surface area contributed by atoms with E-state index in [9.17, 15) is 17.2 Å². The molecule has 0 rings (SSSR count). The second kappa shape index (κ2) is 5.55. The standard InChI is InChI=1S/C8H16O7S2/c1-7(2,14-16(9)10)5-6-8(3,4)15-17(11,12)13/h5-6H,1-4H3,(H,9,10)(H,11,12,13)/p-1/b6-5+. The predicted octanol–water partition coefficient (Wildman–Crippen LogP) is 0.730. The average molecular weight is 287 g/mol. The van der Waals surface area contributed by atoms with Crippen LogP contribution >= 0.6 is 0 Å². The molecule has 0 aromatic rings. The lowest BCUT2D eigenvalue weighted by molar-refractivity contribution is 0.136. The molecule has 1 atom stereocenters. The summed E-state index contributed by atoms with van der Waals surface area (Å²) in [5.74, 6) is 0. The Morgan fingerprint density at radius 3 is 1.94 bits per heavy atom. The van der Waals surface area contributed by atoms with Crippen LogP contribution in [0.1, 0.15) is 27.7 Å². The second-order valence-electron chi connectivity index (χ2n) is 4.34. The fourth-order valence-electron chi connectivity index (χ4n) is 0.904. The largest absolute Gasteiger partial charge is 0.750 e. The smallest absolute Gasteiger partial charge is 0.398 e. The van der Waals surface area contributed by atoms with Gasteiger partial charge in [0.2, 0.25) is 0 Å². The van der Waals surface area contributed by atoms with Gasteiger partial charge < -0.3 is 4.55 Å². The van der Waals surface area contributed by atoms with Crippen LogP contribution < -0.4 is 0 Å². The third-order valence-corrected chi connectivity index (χ3v) is 2.69. The van der Waals surface area contributed by atoms with Gasteiger partial charge in [-0.1, -0.05) is 12.2 Å². The summed E-state index contributed by atoms with van der Waals surface area (Å²) in [4.78, 5) is 0. The van der Waals surface area contributed by atoms with Crippen LogP contribution in [0.2, 0.25) is 0 Å². The third kappa shape index (κ3) is 9.39. The molecular weight excluding hydrogens is 272 g/mol. The van der Waals surface area contributed by atoms with E-state index < -0.39 is 33.0 Å². The summed E-state index contributed by atoms with van der Waals surface area (Å²) < 4.78 is 59.1. The van der Waals surface area contributed by atoms with Crippen molar-refractivity contribution in [3.05, 3.63) is 12.2 Å². The summed E-state index contributed by atoms with van der Waals surface area (Å²) in [7, 11) is -4.59. The molecule has 0 aliphatic rings. The third-order valence-electron chi connectivity index (χ3n) is 1.49. The van der Waals surface area contributed by atoms with E-state index >= 15 is 0 Å². The first-order valence-corrected chi connectivity index (χ1v) is 6.87. The van der Waals surface area contributed by atoms with Gasteiger partial charge in [-0.05, 0) is 27.7 Å². The molecule has 0 heterocycles. The highest BCUT2D eigenvalue weighted by molar-refractivity contribution is 7.80. The lowest BCUT2D eigenvalue weighted by Gasteiger charge is -2.24. The maximum atomic E-state index is 10.5. The molecule has 0 bridgehead atoms. The highest BCUT2D eigenvalue weighted by Gasteiger charge is 2.24. The van der Waals surface area contributed by atoms with Crippen molar-refractivity contribution in [3.8, 4) is 0 Å². The summed E-state index contributed by atoms with van der Waals surface area (Å²) in [6.45, 7) is 5.68. The molecule has 102 valence electrons. The Balaban J connectivity index is 4.76. The maximum Gasteiger partial charge on any atom is 0.398 e. The summed E-state index contributed by atoms with van der Waals surface area (Å²) in [5, 5.41) is 0. The van der Waals surface area contributed by atoms with Crippen LogP contribution in [0.3, 0.4) is 0 Å². The average Bonchev–Trinajstić information content (AvgIpc) is 1.94. The molecule has 0 aliphatic heterocycles. The van der Waals surface area contributed by atoms with E-state index in [-0.39, 0.29) is 0 Å². The maximum absolute atomic E-state index is 10.5. The van der Waals surface area contributed by atoms with E-state index in [4.69, 9.17) is 4.55 Å². The Bertz CT molecular complexity index is 408. The Kier molecular flexibility index (Phi) is 5.44. The van der Waals surface area contributed by atoms with E-state index in [0.717, 1.165) is 0 Å². The normalized spacial score (nSPS) is 16.4. The molecule has 1 unspecified atom stereocenters. The molecule has 0 fully saturated rings. The number of rotatable bonds is 6. The minimum absolute atomic E-state index is 1.15. The van der Waals surface area contributed by atoms with Gasteiger partial charge in [0.05, 0.1) is 17.0 Å². The molecule has 17 heavy (non-hydrogen) atoms. The van der Waals surface area contributed by atoms with Gasteiger partial charge >= 0.3 is 10.4 Å². The lowest BCUT2D eigenvalue weighted by atomic mass is 10.0. The molecule has 9 heteroatoms. The van der Waals surface area contributed by atoms with Crippen LogP contribution in [0.15, 0.2) is 12.2 Å². The molecule has 0 aliphatic carbocycles. The fourth-order valence-corrected chi connectivity index (χ4v) is 1.91. The highest BCUT2D eigenvalue weighted by atomic mass is 32.3. The zero-order chi connectivity index (χ0) is 13.9. The van der Waals surface area contributed by atoms with Crippen molar-refractivity contribution in [1.82, 2.24) is 0 Å². The Hall–Kier alpha value is -0.320. The van der Waals surface area contributed by atoms with Gasteiger partial charge in [-0.3, -0.25) is 8.74 Å². The summed E-state index contributed by atoms with van der Waals surface area (Å²) in [6, 6.07) is 0. The van der Waals surface area contributed by atoms with Crippen LogP contribution in [0, 0.1) is 0 Å². The van der Waals surface area contributed by atoms with Crippen LogP contribution in [0.4, 0.5) is 0 Å². The molecule has 1 N–H and O–H groups in total. The molecule has 0 saturated heterocycles. The summed E-state index contributed by atoms with van der Waals surface area (Å²) in [5.41, 5.74) is -2.47. The molecule has 0 spiro atoms. The van der Waals surface area contributed by atoms with Crippen molar-refractivity contribution in [2.24, 2.45) is 0 Å². The van der Waals surface area contributed by atoms with E-state index in [1.807, 2.05) is 0 Å². The first-order chi connectivity index (χ1) is 7.33.